The maximum Gasteiger partial charge on any atom is 0.203 e. The van der Waals surface area contributed by atoms with Gasteiger partial charge in [-0.1, -0.05) is 18.2 Å². The Balaban J connectivity index is 0.00000320. The number of ether oxygens (including phenoxy) is 3. The van der Waals surface area contributed by atoms with Gasteiger partial charge in [0.2, 0.25) is 5.75 Å². The van der Waals surface area contributed by atoms with E-state index in [1.807, 2.05) is 19.2 Å². The topological polar surface area (TPSA) is 58.6 Å². The van der Waals surface area contributed by atoms with Gasteiger partial charge < -0.3 is 29.3 Å². The molecule has 1 aliphatic rings. The molecule has 3 rings (SSSR count). The number of anilines is 1. The third kappa shape index (κ3) is 5.62. The van der Waals surface area contributed by atoms with Crippen molar-refractivity contribution in [2.75, 3.05) is 59.5 Å². The molecule has 164 valence electrons. The van der Waals surface area contributed by atoms with Crippen LogP contribution in [0.15, 0.2) is 47.5 Å². The number of hydrogen-bond donors (Lipinski definition) is 1. The predicted molar refractivity (Wildman–Crippen MR) is 132 cm³/mol. The molecule has 8 heteroatoms. The van der Waals surface area contributed by atoms with E-state index in [0.717, 1.165) is 37.7 Å². The van der Waals surface area contributed by atoms with E-state index >= 15 is 0 Å². The number of nitrogens with one attached hydrogen (secondary N) is 1. The molecule has 0 unspecified atom stereocenters. The first kappa shape index (κ1) is 23.9. The van der Waals surface area contributed by atoms with Gasteiger partial charge >= 0.3 is 0 Å². The van der Waals surface area contributed by atoms with Gasteiger partial charge in [0.25, 0.3) is 0 Å². The van der Waals surface area contributed by atoms with E-state index in [-0.39, 0.29) is 24.0 Å². The molecule has 2 aromatic rings. The molecule has 0 saturated carbocycles. The average molecular weight is 526 g/mol. The number of para-hydroxylation sites is 1. The molecule has 1 N–H and O–H groups in total. The lowest BCUT2D eigenvalue weighted by Crippen LogP contribution is -2.52. The highest BCUT2D eigenvalue weighted by Crippen LogP contribution is 2.38. The predicted octanol–water partition coefficient (Wildman–Crippen LogP) is 3.23. The van der Waals surface area contributed by atoms with Crippen LogP contribution in [0.1, 0.15) is 5.56 Å². The summed E-state index contributed by atoms with van der Waals surface area (Å²) in [7, 11) is 6.68. The van der Waals surface area contributed by atoms with Crippen molar-refractivity contribution in [1.82, 2.24) is 10.2 Å². The first-order valence-electron chi connectivity index (χ1n) is 9.74. The Morgan fingerprint density at radius 3 is 2.03 bits per heavy atom. The van der Waals surface area contributed by atoms with Crippen LogP contribution >= 0.6 is 24.0 Å². The summed E-state index contributed by atoms with van der Waals surface area (Å²) in [5, 5.41) is 3.46. The number of piperazine rings is 1. The Bertz CT molecular complexity index is 799. The summed E-state index contributed by atoms with van der Waals surface area (Å²) >= 11 is 0. The highest BCUT2D eigenvalue weighted by atomic mass is 127. The second-order valence-corrected chi connectivity index (χ2v) is 6.74. The van der Waals surface area contributed by atoms with E-state index in [0.29, 0.717) is 23.8 Å². The molecule has 7 nitrogen and oxygen atoms in total. The van der Waals surface area contributed by atoms with Crippen LogP contribution in [0.4, 0.5) is 5.69 Å². The third-order valence-corrected chi connectivity index (χ3v) is 5.09. The maximum absolute atomic E-state index is 5.44. The molecule has 0 spiro atoms. The molecule has 1 heterocycles. The number of hydrogen-bond acceptors (Lipinski definition) is 5. The minimum atomic E-state index is 0. The van der Waals surface area contributed by atoms with Gasteiger partial charge in [0.15, 0.2) is 17.5 Å². The van der Waals surface area contributed by atoms with Crippen molar-refractivity contribution < 1.29 is 14.2 Å². The molecule has 1 aliphatic heterocycles. The number of benzene rings is 2. The molecule has 1 saturated heterocycles. The Morgan fingerprint density at radius 2 is 1.53 bits per heavy atom. The summed E-state index contributed by atoms with van der Waals surface area (Å²) in [6.45, 7) is 4.39. The number of guanidine groups is 1. The summed E-state index contributed by atoms with van der Waals surface area (Å²) in [4.78, 5) is 9.16. The molecular weight excluding hydrogens is 495 g/mol. The molecule has 0 aromatic heterocycles. The highest BCUT2D eigenvalue weighted by molar-refractivity contribution is 14.0. The Kier molecular flexibility index (Phi) is 9.35. The largest absolute Gasteiger partial charge is 0.493 e. The van der Waals surface area contributed by atoms with Crippen LogP contribution in [0.3, 0.4) is 0 Å². The summed E-state index contributed by atoms with van der Waals surface area (Å²) in [5.41, 5.74) is 2.30. The summed E-state index contributed by atoms with van der Waals surface area (Å²) in [6, 6.07) is 14.4. The molecule has 0 bridgehead atoms. The monoisotopic (exact) mass is 526 g/mol. The van der Waals surface area contributed by atoms with Crippen LogP contribution in [0.25, 0.3) is 0 Å². The van der Waals surface area contributed by atoms with E-state index in [1.54, 1.807) is 21.3 Å². The Hall–Kier alpha value is -2.36. The van der Waals surface area contributed by atoms with Crippen LogP contribution in [0, 0.1) is 0 Å². The lowest BCUT2D eigenvalue weighted by atomic mass is 10.1. The van der Waals surface area contributed by atoms with Crippen molar-refractivity contribution >= 4 is 35.6 Å². The molecule has 0 aliphatic carbocycles. The first-order chi connectivity index (χ1) is 14.2. The fourth-order valence-corrected chi connectivity index (χ4v) is 3.57. The Labute approximate surface area is 196 Å². The summed E-state index contributed by atoms with van der Waals surface area (Å²) in [5.74, 6) is 2.79. The van der Waals surface area contributed by atoms with E-state index in [9.17, 15) is 0 Å². The van der Waals surface area contributed by atoms with Crippen LogP contribution in [0.2, 0.25) is 0 Å². The number of rotatable bonds is 6. The summed E-state index contributed by atoms with van der Waals surface area (Å²) < 4.78 is 16.3. The number of methoxy groups -OCH3 is 3. The van der Waals surface area contributed by atoms with E-state index < -0.39 is 0 Å². The zero-order chi connectivity index (χ0) is 20.6. The molecule has 0 amide bonds. The zero-order valence-electron chi connectivity index (χ0n) is 18.1. The highest BCUT2D eigenvalue weighted by Gasteiger charge is 2.20. The molecular formula is C22H31IN4O3. The summed E-state index contributed by atoms with van der Waals surface area (Å²) in [6.07, 6.45) is 0. The lowest BCUT2D eigenvalue weighted by molar-refractivity contribution is 0.323. The average Bonchev–Trinajstić information content (AvgIpc) is 2.79. The van der Waals surface area contributed by atoms with Gasteiger partial charge in [-0.3, -0.25) is 4.99 Å². The van der Waals surface area contributed by atoms with Gasteiger partial charge in [-0.25, -0.2) is 0 Å². The van der Waals surface area contributed by atoms with Crippen molar-refractivity contribution in [3.05, 3.63) is 48.0 Å². The second kappa shape index (κ2) is 11.7. The third-order valence-electron chi connectivity index (χ3n) is 5.09. The van der Waals surface area contributed by atoms with E-state index in [1.165, 1.54) is 5.69 Å². The van der Waals surface area contributed by atoms with Gasteiger partial charge in [0.1, 0.15) is 0 Å². The van der Waals surface area contributed by atoms with Gasteiger partial charge in [-0.2, -0.15) is 0 Å². The smallest absolute Gasteiger partial charge is 0.203 e. The first-order valence-corrected chi connectivity index (χ1v) is 9.74. The zero-order valence-corrected chi connectivity index (χ0v) is 20.4. The number of aliphatic imine (C=N–C) groups is 1. The van der Waals surface area contributed by atoms with Crippen molar-refractivity contribution in [2.45, 2.75) is 6.54 Å². The van der Waals surface area contributed by atoms with Crippen LogP contribution in [0.5, 0.6) is 17.2 Å². The SMILES string of the molecule is CN=C(NCc1cc(OC)c(OC)c(OC)c1)N1CCN(c2ccccc2)CC1.I. The van der Waals surface area contributed by atoms with Crippen molar-refractivity contribution in [1.29, 1.82) is 0 Å². The molecule has 0 atom stereocenters. The molecule has 1 fully saturated rings. The minimum Gasteiger partial charge on any atom is -0.493 e. The van der Waals surface area contributed by atoms with E-state index in [2.05, 4.69) is 50.4 Å². The second-order valence-electron chi connectivity index (χ2n) is 6.74. The maximum atomic E-state index is 5.44. The molecule has 2 aromatic carbocycles. The Morgan fingerprint density at radius 1 is 0.933 bits per heavy atom. The molecule has 0 radical (unpaired) electrons. The quantitative estimate of drug-likeness (QED) is 0.355. The van der Waals surface area contributed by atoms with Gasteiger partial charge in [-0.15, -0.1) is 24.0 Å². The van der Waals surface area contributed by atoms with Gasteiger partial charge in [0, 0.05) is 45.5 Å². The van der Waals surface area contributed by atoms with Crippen LogP contribution in [-0.2, 0) is 6.54 Å². The normalized spacial score (nSPS) is 14.1. The number of halogens is 1. The van der Waals surface area contributed by atoms with Crippen LogP contribution < -0.4 is 24.4 Å². The number of nitrogens with zero attached hydrogens (tertiary/aromatic N) is 3. The van der Waals surface area contributed by atoms with Crippen molar-refractivity contribution in [3.8, 4) is 17.2 Å². The minimum absolute atomic E-state index is 0. The standard InChI is InChI=1S/C22H30N4O3.HI/c1-23-22(26-12-10-25(11-13-26)18-8-6-5-7-9-18)24-16-17-14-19(27-2)21(29-4)20(15-17)28-3;/h5-9,14-15H,10-13,16H2,1-4H3,(H,23,24);1H. The van der Waals surface area contributed by atoms with Crippen molar-refractivity contribution in [2.24, 2.45) is 4.99 Å². The fourth-order valence-electron chi connectivity index (χ4n) is 3.57. The molecule has 30 heavy (non-hydrogen) atoms. The van der Waals surface area contributed by atoms with Gasteiger partial charge in [0.05, 0.1) is 21.3 Å². The van der Waals surface area contributed by atoms with E-state index in [4.69, 9.17) is 14.2 Å². The fraction of sp³-hybridized carbons (Fsp3) is 0.409. The van der Waals surface area contributed by atoms with Gasteiger partial charge in [-0.05, 0) is 29.8 Å². The van der Waals surface area contributed by atoms with Crippen LogP contribution in [-0.4, -0.2) is 65.4 Å². The van der Waals surface area contributed by atoms with Crippen molar-refractivity contribution in [3.63, 3.8) is 0 Å². The lowest BCUT2D eigenvalue weighted by Gasteiger charge is -2.37.